The quantitative estimate of drug-likeness (QED) is 0.888. The Kier molecular flexibility index (Phi) is 4.07. The van der Waals surface area contributed by atoms with Gasteiger partial charge in [0.1, 0.15) is 0 Å². The van der Waals surface area contributed by atoms with Gasteiger partial charge in [-0.3, -0.25) is 9.58 Å². The fourth-order valence-corrected chi connectivity index (χ4v) is 2.79. The highest BCUT2D eigenvalue weighted by Crippen LogP contribution is 2.14. The second kappa shape index (κ2) is 5.41. The Hall–Kier alpha value is -0.870. The molecule has 0 atom stereocenters. The van der Waals surface area contributed by atoms with Gasteiger partial charge in [0.25, 0.3) is 0 Å². The van der Waals surface area contributed by atoms with Gasteiger partial charge in [0.05, 0.1) is 11.4 Å². The molecule has 1 aliphatic heterocycles. The summed E-state index contributed by atoms with van der Waals surface area (Å²) >= 11 is 0. The third kappa shape index (κ3) is 3.33. The van der Waals surface area contributed by atoms with Crippen LogP contribution < -0.4 is 5.32 Å². The predicted octanol–water partition coefficient (Wildman–Crippen LogP) is 1.79. The number of rotatable bonds is 3. The number of aryl methyl sites for hydroxylation is 2. The monoisotopic (exact) mass is 250 g/mol. The van der Waals surface area contributed by atoms with E-state index in [0.717, 1.165) is 31.9 Å². The van der Waals surface area contributed by atoms with E-state index in [4.69, 9.17) is 0 Å². The topological polar surface area (TPSA) is 33.1 Å². The Morgan fingerprint density at radius 1 is 1.44 bits per heavy atom. The van der Waals surface area contributed by atoms with Crippen molar-refractivity contribution in [1.29, 1.82) is 0 Å². The van der Waals surface area contributed by atoms with Crippen molar-refractivity contribution in [2.24, 2.45) is 0 Å². The first-order valence-electron chi connectivity index (χ1n) is 7.01. The lowest BCUT2D eigenvalue weighted by atomic mass is 10.1. The Bertz CT molecular complexity index is 394. The van der Waals surface area contributed by atoms with E-state index in [-0.39, 0.29) is 5.54 Å². The Morgan fingerprint density at radius 3 is 2.94 bits per heavy atom. The van der Waals surface area contributed by atoms with E-state index in [1.165, 1.54) is 18.7 Å². The van der Waals surface area contributed by atoms with Crippen LogP contribution >= 0.6 is 0 Å². The number of hydrogen-bond acceptors (Lipinski definition) is 3. The molecule has 102 valence electrons. The highest BCUT2D eigenvalue weighted by atomic mass is 15.3. The van der Waals surface area contributed by atoms with Crippen molar-refractivity contribution < 1.29 is 0 Å². The van der Waals surface area contributed by atoms with Crippen LogP contribution in [-0.2, 0) is 13.1 Å². The third-order valence-electron chi connectivity index (χ3n) is 3.54. The average molecular weight is 250 g/mol. The average Bonchev–Trinajstić information content (AvgIpc) is 2.54. The van der Waals surface area contributed by atoms with Crippen molar-refractivity contribution in [3.8, 4) is 0 Å². The number of hydrogen-bond donors (Lipinski definition) is 1. The van der Waals surface area contributed by atoms with E-state index in [1.54, 1.807) is 0 Å². The minimum atomic E-state index is 0.211. The SMILES string of the molecule is CCn1nc(C)cc1CN1CCCNC(C)(C)C1. The minimum absolute atomic E-state index is 0.211. The molecule has 1 N–H and O–H groups in total. The summed E-state index contributed by atoms with van der Waals surface area (Å²) in [4.78, 5) is 2.54. The van der Waals surface area contributed by atoms with Crippen LogP contribution in [0.3, 0.4) is 0 Å². The first-order valence-corrected chi connectivity index (χ1v) is 7.01. The minimum Gasteiger partial charge on any atom is -0.310 e. The Balaban J connectivity index is 2.07. The van der Waals surface area contributed by atoms with Crippen LogP contribution in [0.1, 0.15) is 38.6 Å². The smallest absolute Gasteiger partial charge is 0.0597 e. The molecule has 2 heterocycles. The van der Waals surface area contributed by atoms with Gasteiger partial charge in [-0.05, 0) is 53.3 Å². The van der Waals surface area contributed by atoms with Crippen LogP contribution in [0.2, 0.25) is 0 Å². The van der Waals surface area contributed by atoms with Crippen LogP contribution in [0, 0.1) is 6.92 Å². The fourth-order valence-electron chi connectivity index (χ4n) is 2.79. The molecule has 1 aromatic heterocycles. The van der Waals surface area contributed by atoms with Crippen molar-refractivity contribution in [1.82, 2.24) is 20.0 Å². The molecule has 0 bridgehead atoms. The van der Waals surface area contributed by atoms with Gasteiger partial charge in [0.15, 0.2) is 0 Å². The van der Waals surface area contributed by atoms with Crippen molar-refractivity contribution in [3.63, 3.8) is 0 Å². The van der Waals surface area contributed by atoms with Gasteiger partial charge in [-0.2, -0.15) is 5.10 Å². The molecule has 0 saturated carbocycles. The molecule has 0 aromatic carbocycles. The maximum Gasteiger partial charge on any atom is 0.0597 e. The van der Waals surface area contributed by atoms with Gasteiger partial charge in [0.2, 0.25) is 0 Å². The lowest BCUT2D eigenvalue weighted by Gasteiger charge is -2.30. The maximum absolute atomic E-state index is 4.53. The zero-order valence-electron chi connectivity index (χ0n) is 12.2. The van der Waals surface area contributed by atoms with Gasteiger partial charge in [-0.25, -0.2) is 0 Å². The van der Waals surface area contributed by atoms with E-state index in [2.05, 4.69) is 53.8 Å². The van der Waals surface area contributed by atoms with E-state index in [0.29, 0.717) is 0 Å². The molecule has 0 aliphatic carbocycles. The summed E-state index contributed by atoms with van der Waals surface area (Å²) in [5.41, 5.74) is 2.68. The molecule has 18 heavy (non-hydrogen) atoms. The molecule has 1 fully saturated rings. The summed E-state index contributed by atoms with van der Waals surface area (Å²) < 4.78 is 2.13. The third-order valence-corrected chi connectivity index (χ3v) is 3.54. The zero-order chi connectivity index (χ0) is 13.2. The molecule has 0 unspecified atom stereocenters. The molecule has 2 rings (SSSR count). The van der Waals surface area contributed by atoms with E-state index in [9.17, 15) is 0 Å². The fraction of sp³-hybridized carbons (Fsp3) is 0.786. The summed E-state index contributed by atoms with van der Waals surface area (Å²) in [6.07, 6.45) is 1.22. The molecule has 1 aromatic rings. The van der Waals surface area contributed by atoms with E-state index < -0.39 is 0 Å². The van der Waals surface area contributed by atoms with Gasteiger partial charge in [0, 0.05) is 25.2 Å². The van der Waals surface area contributed by atoms with Crippen molar-refractivity contribution in [2.45, 2.75) is 52.7 Å². The van der Waals surface area contributed by atoms with Crippen molar-refractivity contribution in [2.75, 3.05) is 19.6 Å². The molecule has 0 radical (unpaired) electrons. The molecule has 4 heteroatoms. The molecule has 1 aliphatic rings. The number of aromatic nitrogens is 2. The summed E-state index contributed by atoms with van der Waals surface area (Å²) in [6.45, 7) is 14.2. The molecule has 4 nitrogen and oxygen atoms in total. The van der Waals surface area contributed by atoms with Gasteiger partial charge in [-0.15, -0.1) is 0 Å². The van der Waals surface area contributed by atoms with Crippen LogP contribution in [0.15, 0.2) is 6.07 Å². The molecular formula is C14H26N4. The normalized spacial score (nSPS) is 20.9. The van der Waals surface area contributed by atoms with Crippen molar-refractivity contribution >= 4 is 0 Å². The van der Waals surface area contributed by atoms with Gasteiger partial charge < -0.3 is 5.32 Å². The Morgan fingerprint density at radius 2 is 2.22 bits per heavy atom. The summed E-state index contributed by atoms with van der Waals surface area (Å²) in [5, 5.41) is 8.14. The molecule has 1 saturated heterocycles. The van der Waals surface area contributed by atoms with Crippen LogP contribution in [0.5, 0.6) is 0 Å². The van der Waals surface area contributed by atoms with Crippen LogP contribution in [0.4, 0.5) is 0 Å². The molecular weight excluding hydrogens is 224 g/mol. The second-order valence-electron chi connectivity index (χ2n) is 5.97. The lowest BCUT2D eigenvalue weighted by molar-refractivity contribution is 0.218. The molecule has 0 amide bonds. The Labute approximate surface area is 110 Å². The van der Waals surface area contributed by atoms with Gasteiger partial charge in [-0.1, -0.05) is 0 Å². The van der Waals surface area contributed by atoms with Crippen LogP contribution in [0.25, 0.3) is 0 Å². The number of nitrogens with zero attached hydrogens (tertiary/aromatic N) is 3. The summed E-state index contributed by atoms with van der Waals surface area (Å²) in [6, 6.07) is 2.22. The van der Waals surface area contributed by atoms with Gasteiger partial charge >= 0.3 is 0 Å². The first kappa shape index (κ1) is 13.6. The van der Waals surface area contributed by atoms with E-state index >= 15 is 0 Å². The number of nitrogens with one attached hydrogen (secondary N) is 1. The predicted molar refractivity (Wildman–Crippen MR) is 74.6 cm³/mol. The maximum atomic E-state index is 4.53. The largest absolute Gasteiger partial charge is 0.310 e. The highest BCUT2D eigenvalue weighted by molar-refractivity contribution is 5.09. The van der Waals surface area contributed by atoms with Crippen LogP contribution in [-0.4, -0.2) is 39.9 Å². The zero-order valence-corrected chi connectivity index (χ0v) is 12.2. The standard InChI is InChI=1S/C14H26N4/c1-5-18-13(9-12(2)16-18)10-17-8-6-7-15-14(3,4)11-17/h9,15H,5-8,10-11H2,1-4H3. The molecule has 0 spiro atoms. The summed E-state index contributed by atoms with van der Waals surface area (Å²) in [7, 11) is 0. The van der Waals surface area contributed by atoms with Crippen molar-refractivity contribution in [3.05, 3.63) is 17.5 Å². The second-order valence-corrected chi connectivity index (χ2v) is 5.97. The van der Waals surface area contributed by atoms with E-state index in [1.807, 2.05) is 0 Å². The lowest BCUT2D eigenvalue weighted by Crippen LogP contribution is -2.46. The first-order chi connectivity index (χ1) is 8.50. The summed E-state index contributed by atoms with van der Waals surface area (Å²) in [5.74, 6) is 0. The highest BCUT2D eigenvalue weighted by Gasteiger charge is 2.24.